The number of carbonyl (C=O) groups is 1. The molecule has 5 nitrogen and oxygen atoms in total. The first-order chi connectivity index (χ1) is 12.9. The van der Waals surface area contributed by atoms with Crippen molar-refractivity contribution in [3.8, 4) is 0 Å². The molecule has 0 aliphatic carbocycles. The maximum atomic E-state index is 12.9. The fourth-order valence-corrected chi connectivity index (χ4v) is 3.96. The Morgan fingerprint density at radius 3 is 2.56 bits per heavy atom. The minimum Gasteiger partial charge on any atom is -0.465 e. The molecule has 0 atom stereocenters. The third-order valence-electron chi connectivity index (χ3n) is 4.09. The number of hydrogen-bond donors (Lipinski definition) is 0. The van der Waals surface area contributed by atoms with Gasteiger partial charge >= 0.3 is 5.97 Å². The summed E-state index contributed by atoms with van der Waals surface area (Å²) < 4.78 is 6.41. The lowest BCUT2D eigenvalue weighted by Gasteiger charge is -2.16. The number of methoxy groups -OCH3 is 1. The Hall–Kier alpha value is -2.31. The number of esters is 1. The van der Waals surface area contributed by atoms with Crippen LogP contribution in [0.15, 0.2) is 52.4 Å². The van der Waals surface area contributed by atoms with Gasteiger partial charge in [0.05, 0.1) is 23.6 Å². The van der Waals surface area contributed by atoms with Gasteiger partial charge in [0, 0.05) is 16.8 Å². The van der Waals surface area contributed by atoms with Gasteiger partial charge in [-0.3, -0.25) is 9.36 Å². The summed E-state index contributed by atoms with van der Waals surface area (Å²) in [5.74, 6) is 0.253. The molecule has 0 bridgehead atoms. The van der Waals surface area contributed by atoms with E-state index >= 15 is 0 Å². The zero-order valence-corrected chi connectivity index (χ0v) is 16.8. The van der Waals surface area contributed by atoms with Crippen molar-refractivity contribution in [2.75, 3.05) is 7.11 Å². The molecule has 1 heterocycles. The molecule has 0 spiro atoms. The first kappa shape index (κ1) is 19.5. The van der Waals surface area contributed by atoms with Crippen LogP contribution in [0.3, 0.4) is 0 Å². The number of hydrogen-bond acceptors (Lipinski definition) is 5. The molecule has 0 amide bonds. The van der Waals surface area contributed by atoms with Crippen molar-refractivity contribution in [2.45, 2.75) is 30.8 Å². The molecule has 2 aromatic carbocycles. The molecule has 140 valence electrons. The number of fused-ring (bicyclic) bond motifs is 1. The topological polar surface area (TPSA) is 61.2 Å². The average molecular weight is 403 g/mol. The Balaban J connectivity index is 1.93. The molecule has 0 saturated carbocycles. The van der Waals surface area contributed by atoms with E-state index in [1.807, 2.05) is 26.0 Å². The number of thioether (sulfide) groups is 1. The molecule has 1 aromatic heterocycles. The fourth-order valence-electron chi connectivity index (χ4n) is 2.71. The molecule has 0 fully saturated rings. The van der Waals surface area contributed by atoms with Crippen molar-refractivity contribution in [3.05, 3.63) is 69.0 Å². The van der Waals surface area contributed by atoms with Crippen LogP contribution in [0, 0.1) is 0 Å². The van der Waals surface area contributed by atoms with Gasteiger partial charge in [-0.25, -0.2) is 9.78 Å². The summed E-state index contributed by atoms with van der Waals surface area (Å²) in [5, 5.41) is 1.74. The molecule has 0 saturated heterocycles. The molecule has 0 radical (unpaired) electrons. The lowest BCUT2D eigenvalue weighted by molar-refractivity contribution is 0.0600. The van der Waals surface area contributed by atoms with Crippen LogP contribution < -0.4 is 5.56 Å². The van der Waals surface area contributed by atoms with E-state index in [9.17, 15) is 9.59 Å². The minimum absolute atomic E-state index is 0.0192. The van der Waals surface area contributed by atoms with Crippen molar-refractivity contribution in [1.82, 2.24) is 9.55 Å². The van der Waals surface area contributed by atoms with Crippen LogP contribution in [0.4, 0.5) is 0 Å². The summed E-state index contributed by atoms with van der Waals surface area (Å²) in [7, 11) is 1.36. The first-order valence-electron chi connectivity index (χ1n) is 8.42. The molecule has 0 unspecified atom stereocenters. The van der Waals surface area contributed by atoms with Gasteiger partial charge < -0.3 is 4.74 Å². The molecule has 0 aliphatic heterocycles. The highest BCUT2D eigenvalue weighted by Gasteiger charge is 2.14. The largest absolute Gasteiger partial charge is 0.465 e. The Kier molecular flexibility index (Phi) is 5.87. The number of ether oxygens (including phenoxy) is 1. The summed E-state index contributed by atoms with van der Waals surface area (Å²) in [4.78, 5) is 29.1. The van der Waals surface area contributed by atoms with Crippen LogP contribution in [-0.4, -0.2) is 22.6 Å². The lowest BCUT2D eigenvalue weighted by atomic mass is 10.1. The summed E-state index contributed by atoms with van der Waals surface area (Å²) in [6.45, 7) is 3.92. The van der Waals surface area contributed by atoms with E-state index in [-0.39, 0.29) is 17.6 Å². The first-order valence-corrected chi connectivity index (χ1v) is 9.79. The van der Waals surface area contributed by atoms with E-state index < -0.39 is 0 Å². The maximum Gasteiger partial charge on any atom is 0.337 e. The van der Waals surface area contributed by atoms with Crippen molar-refractivity contribution >= 4 is 40.2 Å². The van der Waals surface area contributed by atoms with Crippen LogP contribution in [0.2, 0.25) is 5.02 Å². The fraction of sp³-hybridized carbons (Fsp3) is 0.250. The van der Waals surface area contributed by atoms with Crippen molar-refractivity contribution in [1.29, 1.82) is 0 Å². The average Bonchev–Trinajstić information content (AvgIpc) is 2.65. The van der Waals surface area contributed by atoms with Gasteiger partial charge in [0.2, 0.25) is 0 Å². The number of carbonyl (C=O) groups excluding carboxylic acids is 1. The SMILES string of the molecule is COC(=O)c1ccc(CSc2nc3cc(Cl)ccc3c(=O)n2C(C)C)cc1. The highest BCUT2D eigenvalue weighted by Crippen LogP contribution is 2.25. The molecular weight excluding hydrogens is 384 g/mol. The van der Waals surface area contributed by atoms with Gasteiger partial charge in [0.25, 0.3) is 5.56 Å². The number of nitrogens with zero attached hydrogens (tertiary/aromatic N) is 2. The second kappa shape index (κ2) is 8.15. The monoisotopic (exact) mass is 402 g/mol. The Labute approximate surface area is 166 Å². The van der Waals surface area contributed by atoms with Crippen molar-refractivity contribution < 1.29 is 9.53 Å². The van der Waals surface area contributed by atoms with E-state index in [0.29, 0.717) is 32.4 Å². The smallest absolute Gasteiger partial charge is 0.337 e. The maximum absolute atomic E-state index is 12.9. The standard InChI is InChI=1S/C20H19ClN2O3S/c1-12(2)23-18(24)16-9-8-15(21)10-17(16)22-20(23)27-11-13-4-6-14(7-5-13)19(25)26-3/h4-10,12H,11H2,1-3H3. The summed E-state index contributed by atoms with van der Waals surface area (Å²) in [6.07, 6.45) is 0. The van der Waals surface area contributed by atoms with Gasteiger partial charge in [-0.15, -0.1) is 0 Å². The summed E-state index contributed by atoms with van der Waals surface area (Å²) in [6, 6.07) is 12.3. The molecule has 7 heteroatoms. The normalized spacial score (nSPS) is 11.1. The van der Waals surface area contributed by atoms with Crippen LogP contribution in [0.1, 0.15) is 35.8 Å². The Morgan fingerprint density at radius 1 is 1.22 bits per heavy atom. The summed E-state index contributed by atoms with van der Waals surface area (Å²) in [5.41, 5.74) is 2.04. The van der Waals surface area contributed by atoms with E-state index in [2.05, 4.69) is 4.98 Å². The van der Waals surface area contributed by atoms with Crippen LogP contribution >= 0.6 is 23.4 Å². The predicted molar refractivity (Wildman–Crippen MR) is 109 cm³/mol. The van der Waals surface area contributed by atoms with Gasteiger partial charge in [0.1, 0.15) is 0 Å². The van der Waals surface area contributed by atoms with Gasteiger partial charge in [0.15, 0.2) is 5.16 Å². The minimum atomic E-state index is -0.365. The number of benzene rings is 2. The predicted octanol–water partition coefficient (Wildman–Crippen LogP) is 4.71. The molecule has 3 aromatic rings. The number of rotatable bonds is 5. The van der Waals surface area contributed by atoms with Crippen LogP contribution in [0.25, 0.3) is 10.9 Å². The molecule has 0 N–H and O–H groups in total. The molecule has 0 aliphatic rings. The third kappa shape index (κ3) is 4.17. The Morgan fingerprint density at radius 2 is 1.93 bits per heavy atom. The van der Waals surface area contributed by atoms with Crippen molar-refractivity contribution in [2.24, 2.45) is 0 Å². The number of halogens is 1. The molecule has 27 heavy (non-hydrogen) atoms. The van der Waals surface area contributed by atoms with E-state index in [0.717, 1.165) is 5.56 Å². The quantitative estimate of drug-likeness (QED) is 0.351. The van der Waals surface area contributed by atoms with Gasteiger partial charge in [-0.2, -0.15) is 0 Å². The van der Waals surface area contributed by atoms with Crippen molar-refractivity contribution in [3.63, 3.8) is 0 Å². The zero-order chi connectivity index (χ0) is 19.6. The van der Waals surface area contributed by atoms with E-state index in [4.69, 9.17) is 16.3 Å². The van der Waals surface area contributed by atoms with Gasteiger partial charge in [-0.1, -0.05) is 35.5 Å². The van der Waals surface area contributed by atoms with Gasteiger partial charge in [-0.05, 0) is 49.7 Å². The van der Waals surface area contributed by atoms with E-state index in [1.54, 1.807) is 34.9 Å². The van der Waals surface area contributed by atoms with Crippen LogP contribution in [-0.2, 0) is 10.5 Å². The highest BCUT2D eigenvalue weighted by molar-refractivity contribution is 7.98. The second-order valence-electron chi connectivity index (χ2n) is 6.30. The second-order valence-corrected chi connectivity index (χ2v) is 7.68. The van der Waals surface area contributed by atoms with E-state index in [1.165, 1.54) is 18.9 Å². The van der Waals surface area contributed by atoms with Crippen LogP contribution in [0.5, 0.6) is 0 Å². The lowest BCUT2D eigenvalue weighted by Crippen LogP contribution is -2.25. The summed E-state index contributed by atoms with van der Waals surface area (Å²) >= 11 is 7.53. The molecule has 3 rings (SSSR count). The molecular formula is C20H19ClN2O3S. The zero-order valence-electron chi connectivity index (χ0n) is 15.2. The highest BCUT2D eigenvalue weighted by atomic mass is 35.5. The Bertz CT molecular complexity index is 1050. The third-order valence-corrected chi connectivity index (χ3v) is 5.35. The number of aromatic nitrogens is 2.